The molecule has 0 atom stereocenters. The summed E-state index contributed by atoms with van der Waals surface area (Å²) in [5.74, 6) is 1.65. The van der Waals surface area contributed by atoms with E-state index in [0.29, 0.717) is 17.4 Å². The maximum absolute atomic E-state index is 12.7. The summed E-state index contributed by atoms with van der Waals surface area (Å²) in [6, 6.07) is 14.2. The summed E-state index contributed by atoms with van der Waals surface area (Å²) in [6.07, 6.45) is 2.08. The third-order valence-corrected chi connectivity index (χ3v) is 4.76. The molecule has 2 rings (SSSR count). The van der Waals surface area contributed by atoms with Gasteiger partial charge in [0.25, 0.3) is 5.91 Å². The Morgan fingerprint density at radius 3 is 1.96 bits per heavy atom. The smallest absolute Gasteiger partial charge is 0.255 e. The van der Waals surface area contributed by atoms with Crippen LogP contribution in [0, 0.1) is 0 Å². The number of carbonyl (C=O) groups excluding carboxylic acids is 1. The van der Waals surface area contributed by atoms with Crippen LogP contribution in [-0.2, 0) is 5.75 Å². The van der Waals surface area contributed by atoms with Crippen molar-refractivity contribution in [1.82, 2.24) is 0 Å². The predicted octanol–water partition coefficient (Wildman–Crippen LogP) is 6.05. The monoisotopic (exact) mass is 341 g/mol. The molecule has 0 heterocycles. The molecule has 128 valence electrons. The largest absolute Gasteiger partial charge is 0.321 e. The molecule has 0 fully saturated rings. The molecule has 24 heavy (non-hydrogen) atoms. The molecule has 0 radical (unpaired) electrons. The van der Waals surface area contributed by atoms with Crippen molar-refractivity contribution < 1.29 is 4.79 Å². The number of anilines is 1. The predicted molar refractivity (Wildman–Crippen MR) is 106 cm³/mol. The van der Waals surface area contributed by atoms with Crippen molar-refractivity contribution in [2.75, 3.05) is 11.6 Å². The number of thioether (sulfide) groups is 1. The Hall–Kier alpha value is -1.74. The van der Waals surface area contributed by atoms with Gasteiger partial charge in [-0.15, -0.1) is 0 Å². The minimum atomic E-state index is -0.0410. The van der Waals surface area contributed by atoms with Crippen molar-refractivity contribution in [3.05, 3.63) is 64.7 Å². The van der Waals surface area contributed by atoms with Gasteiger partial charge >= 0.3 is 0 Å². The Balaban J connectivity index is 2.30. The number of nitrogens with one attached hydrogen (secondary N) is 1. The minimum absolute atomic E-state index is 0.0410. The lowest BCUT2D eigenvalue weighted by atomic mass is 9.92. The summed E-state index contributed by atoms with van der Waals surface area (Å²) in [5, 5.41) is 3.17. The third kappa shape index (κ3) is 4.41. The van der Waals surface area contributed by atoms with Crippen LogP contribution in [0.1, 0.15) is 66.6 Å². The van der Waals surface area contributed by atoms with Crippen LogP contribution in [0.5, 0.6) is 0 Å². The SMILES string of the molecule is CSCc1ccc(C(=O)Nc2c(C(C)C)cccc2C(C)C)cc1. The van der Waals surface area contributed by atoms with E-state index in [1.54, 1.807) is 11.8 Å². The lowest BCUT2D eigenvalue weighted by Gasteiger charge is -2.20. The van der Waals surface area contributed by atoms with Crippen LogP contribution in [-0.4, -0.2) is 12.2 Å². The van der Waals surface area contributed by atoms with Gasteiger partial charge in [-0.2, -0.15) is 11.8 Å². The first kappa shape index (κ1) is 18.6. The van der Waals surface area contributed by atoms with Gasteiger partial charge in [0.2, 0.25) is 0 Å². The molecule has 0 aliphatic rings. The maximum Gasteiger partial charge on any atom is 0.255 e. The van der Waals surface area contributed by atoms with E-state index in [9.17, 15) is 4.79 Å². The molecule has 0 aliphatic heterocycles. The molecule has 2 aromatic rings. The summed E-state index contributed by atoms with van der Waals surface area (Å²) < 4.78 is 0. The molecular formula is C21H27NOS. The van der Waals surface area contributed by atoms with Gasteiger partial charge in [-0.05, 0) is 46.9 Å². The van der Waals surface area contributed by atoms with Crippen molar-refractivity contribution in [3.63, 3.8) is 0 Å². The first-order valence-corrected chi connectivity index (χ1v) is 9.85. The van der Waals surface area contributed by atoms with Crippen LogP contribution < -0.4 is 5.32 Å². The fourth-order valence-electron chi connectivity index (χ4n) is 2.80. The van der Waals surface area contributed by atoms with Crippen molar-refractivity contribution in [2.45, 2.75) is 45.3 Å². The van der Waals surface area contributed by atoms with Crippen molar-refractivity contribution in [1.29, 1.82) is 0 Å². The van der Waals surface area contributed by atoms with Crippen LogP contribution in [0.3, 0.4) is 0 Å². The number of hydrogen-bond acceptors (Lipinski definition) is 2. The summed E-state index contributed by atoms with van der Waals surface area (Å²) in [7, 11) is 0. The van der Waals surface area contributed by atoms with E-state index in [1.165, 1.54) is 16.7 Å². The molecule has 0 unspecified atom stereocenters. The lowest BCUT2D eigenvalue weighted by molar-refractivity contribution is 0.102. The standard InChI is InChI=1S/C21H27NOS/c1-14(2)18-7-6-8-19(15(3)4)20(18)22-21(23)17-11-9-16(10-12-17)13-24-5/h6-12,14-15H,13H2,1-5H3,(H,22,23). The quantitative estimate of drug-likeness (QED) is 0.693. The lowest BCUT2D eigenvalue weighted by Crippen LogP contribution is -2.16. The van der Waals surface area contributed by atoms with Gasteiger partial charge in [0.05, 0.1) is 0 Å². The van der Waals surface area contributed by atoms with Crippen molar-refractivity contribution >= 4 is 23.4 Å². The van der Waals surface area contributed by atoms with Gasteiger partial charge in [0, 0.05) is 17.0 Å². The zero-order valence-corrected chi connectivity index (χ0v) is 16.0. The zero-order valence-electron chi connectivity index (χ0n) is 15.2. The molecule has 0 aliphatic carbocycles. The molecule has 0 bridgehead atoms. The van der Waals surface area contributed by atoms with Gasteiger partial charge < -0.3 is 5.32 Å². The highest BCUT2D eigenvalue weighted by atomic mass is 32.2. The van der Waals surface area contributed by atoms with E-state index in [1.807, 2.05) is 24.3 Å². The Labute approximate surface area is 150 Å². The first-order chi connectivity index (χ1) is 11.4. The van der Waals surface area contributed by atoms with E-state index in [-0.39, 0.29) is 5.91 Å². The highest BCUT2D eigenvalue weighted by Gasteiger charge is 2.16. The molecule has 2 nitrogen and oxygen atoms in total. The molecule has 0 saturated carbocycles. The van der Waals surface area contributed by atoms with E-state index in [4.69, 9.17) is 0 Å². The van der Waals surface area contributed by atoms with E-state index in [0.717, 1.165) is 11.4 Å². The van der Waals surface area contributed by atoms with Gasteiger partial charge in [0.15, 0.2) is 0 Å². The topological polar surface area (TPSA) is 29.1 Å². The van der Waals surface area contributed by atoms with Gasteiger partial charge in [0.1, 0.15) is 0 Å². The Kier molecular flexibility index (Phi) is 6.50. The molecule has 0 aromatic heterocycles. The summed E-state index contributed by atoms with van der Waals surface area (Å²) in [4.78, 5) is 12.7. The maximum atomic E-state index is 12.7. The number of rotatable bonds is 6. The molecule has 0 saturated heterocycles. The molecule has 3 heteroatoms. The molecule has 1 amide bonds. The normalized spacial score (nSPS) is 11.1. The van der Waals surface area contributed by atoms with Crippen LogP contribution in [0.25, 0.3) is 0 Å². The average Bonchev–Trinajstić information content (AvgIpc) is 2.55. The number of benzene rings is 2. The van der Waals surface area contributed by atoms with Gasteiger partial charge in [-0.3, -0.25) is 4.79 Å². The molecule has 0 spiro atoms. The number of hydrogen-bond donors (Lipinski definition) is 1. The van der Waals surface area contributed by atoms with E-state index < -0.39 is 0 Å². The van der Waals surface area contributed by atoms with Crippen LogP contribution in [0.15, 0.2) is 42.5 Å². The van der Waals surface area contributed by atoms with Crippen LogP contribution >= 0.6 is 11.8 Å². The third-order valence-electron chi connectivity index (χ3n) is 4.14. The molecule has 1 N–H and O–H groups in total. The Bertz CT molecular complexity index is 663. The fraction of sp³-hybridized carbons (Fsp3) is 0.381. The first-order valence-electron chi connectivity index (χ1n) is 8.46. The van der Waals surface area contributed by atoms with Crippen LogP contribution in [0.4, 0.5) is 5.69 Å². The summed E-state index contributed by atoms with van der Waals surface area (Å²) in [5.41, 5.74) is 5.29. The number of carbonyl (C=O) groups is 1. The number of amides is 1. The summed E-state index contributed by atoms with van der Waals surface area (Å²) >= 11 is 1.78. The molecular weight excluding hydrogens is 314 g/mol. The zero-order chi connectivity index (χ0) is 17.7. The van der Waals surface area contributed by atoms with Gasteiger partial charge in [-0.25, -0.2) is 0 Å². The van der Waals surface area contributed by atoms with E-state index >= 15 is 0 Å². The van der Waals surface area contributed by atoms with Crippen molar-refractivity contribution in [3.8, 4) is 0 Å². The fourth-order valence-corrected chi connectivity index (χ4v) is 3.33. The van der Waals surface area contributed by atoms with Crippen molar-refractivity contribution in [2.24, 2.45) is 0 Å². The van der Waals surface area contributed by atoms with Gasteiger partial charge in [-0.1, -0.05) is 58.0 Å². The Morgan fingerprint density at radius 1 is 0.958 bits per heavy atom. The molecule has 2 aromatic carbocycles. The van der Waals surface area contributed by atoms with Crippen LogP contribution in [0.2, 0.25) is 0 Å². The van der Waals surface area contributed by atoms with E-state index in [2.05, 4.69) is 57.5 Å². The summed E-state index contributed by atoms with van der Waals surface area (Å²) in [6.45, 7) is 8.64. The highest BCUT2D eigenvalue weighted by Crippen LogP contribution is 2.32. The number of para-hydroxylation sites is 1. The highest BCUT2D eigenvalue weighted by molar-refractivity contribution is 7.97. The minimum Gasteiger partial charge on any atom is -0.321 e. The average molecular weight is 342 g/mol. The second kappa shape index (κ2) is 8.39. The second-order valence-electron chi connectivity index (χ2n) is 6.70. The Morgan fingerprint density at radius 2 is 1.50 bits per heavy atom. The second-order valence-corrected chi connectivity index (χ2v) is 7.57.